The third kappa shape index (κ3) is 4.88. The summed E-state index contributed by atoms with van der Waals surface area (Å²) in [6.07, 6.45) is 0.151. The lowest BCUT2D eigenvalue weighted by Gasteiger charge is -2.28. The monoisotopic (exact) mass is 546 g/mol. The van der Waals surface area contributed by atoms with Gasteiger partial charge in [0.25, 0.3) is 5.56 Å². The summed E-state index contributed by atoms with van der Waals surface area (Å²) in [4.78, 5) is 57.0. The number of fused-ring (bicyclic) bond motifs is 5. The van der Waals surface area contributed by atoms with Crippen molar-refractivity contribution in [3.05, 3.63) is 63.4 Å². The molecule has 0 radical (unpaired) electrons. The predicted molar refractivity (Wildman–Crippen MR) is 148 cm³/mol. The summed E-state index contributed by atoms with van der Waals surface area (Å²) in [5.41, 5.74) is 3.15. The molecule has 10 heteroatoms. The first kappa shape index (κ1) is 27.5. The number of rotatable bonds is 5. The van der Waals surface area contributed by atoms with Gasteiger partial charge in [-0.15, -0.1) is 0 Å². The molecular formula is C30H34N4O6. The van der Waals surface area contributed by atoms with E-state index in [2.05, 4.69) is 10.6 Å². The molecule has 0 spiro atoms. The van der Waals surface area contributed by atoms with Gasteiger partial charge < -0.3 is 24.7 Å². The Labute approximate surface area is 232 Å². The highest BCUT2D eigenvalue weighted by Gasteiger charge is 2.40. The molecule has 0 bridgehead atoms. The van der Waals surface area contributed by atoms with Crippen LogP contribution >= 0.6 is 0 Å². The first-order chi connectivity index (χ1) is 19.3. The van der Waals surface area contributed by atoms with Crippen LogP contribution in [0.5, 0.6) is 0 Å². The third-order valence-electron chi connectivity index (χ3n) is 7.49. The maximum absolute atomic E-state index is 13.5. The van der Waals surface area contributed by atoms with Crippen molar-refractivity contribution in [3.63, 3.8) is 0 Å². The molecule has 3 aliphatic rings. The number of cyclic esters (lactones) is 1. The van der Waals surface area contributed by atoms with E-state index in [4.69, 9.17) is 14.5 Å². The first-order valence-corrected chi connectivity index (χ1v) is 13.9. The number of nitrogens with zero attached hydrogens (tertiary/aromatic N) is 2. The zero-order chi connectivity index (χ0) is 28.6. The van der Waals surface area contributed by atoms with Crippen LogP contribution in [0.2, 0.25) is 0 Å². The number of hydrogen-bond donors (Lipinski definition) is 2. The van der Waals surface area contributed by atoms with E-state index in [9.17, 15) is 19.2 Å². The zero-order valence-electron chi connectivity index (χ0n) is 23.2. The lowest BCUT2D eigenvalue weighted by Crippen LogP contribution is -2.51. The van der Waals surface area contributed by atoms with Crippen molar-refractivity contribution in [2.24, 2.45) is 5.92 Å². The Morgan fingerprint density at radius 1 is 1.18 bits per heavy atom. The summed E-state index contributed by atoms with van der Waals surface area (Å²) in [5.74, 6) is -2.09. The van der Waals surface area contributed by atoms with Crippen molar-refractivity contribution in [2.75, 3.05) is 6.54 Å². The average Bonchev–Trinajstić information content (AvgIpc) is 3.62. The molecule has 1 amide bonds. The van der Waals surface area contributed by atoms with Gasteiger partial charge in [0.1, 0.15) is 12.6 Å². The van der Waals surface area contributed by atoms with Gasteiger partial charge in [-0.3, -0.25) is 9.59 Å². The van der Waals surface area contributed by atoms with E-state index in [-0.39, 0.29) is 35.6 Å². The van der Waals surface area contributed by atoms with Crippen LogP contribution in [-0.4, -0.2) is 46.0 Å². The second kappa shape index (κ2) is 11.2. The van der Waals surface area contributed by atoms with Gasteiger partial charge in [0.05, 0.1) is 35.1 Å². The second-order valence-electron chi connectivity index (χ2n) is 10.3. The summed E-state index contributed by atoms with van der Waals surface area (Å²) in [5, 5.41) is 6.84. The van der Waals surface area contributed by atoms with Gasteiger partial charge >= 0.3 is 11.9 Å². The van der Waals surface area contributed by atoms with Crippen LogP contribution in [0, 0.1) is 5.92 Å². The highest BCUT2D eigenvalue weighted by atomic mass is 16.6. The van der Waals surface area contributed by atoms with E-state index in [1.54, 1.807) is 24.5 Å². The van der Waals surface area contributed by atoms with Crippen LogP contribution in [0.15, 0.2) is 41.2 Å². The minimum absolute atomic E-state index is 0.204. The molecule has 0 saturated carbocycles. The van der Waals surface area contributed by atoms with E-state index in [1.807, 2.05) is 44.2 Å². The van der Waals surface area contributed by atoms with Crippen LogP contribution in [-0.2, 0) is 37.0 Å². The number of pyridine rings is 2. The fraction of sp³-hybridized carbons (Fsp3) is 0.433. The summed E-state index contributed by atoms with van der Waals surface area (Å²) >= 11 is 0. The van der Waals surface area contributed by atoms with Crippen LogP contribution < -0.4 is 16.2 Å². The maximum atomic E-state index is 13.5. The number of ether oxygens (including phenoxy) is 2. The molecule has 3 atom stereocenters. The van der Waals surface area contributed by atoms with Gasteiger partial charge in [-0.05, 0) is 43.5 Å². The number of amides is 1. The zero-order valence-corrected chi connectivity index (χ0v) is 23.2. The summed E-state index contributed by atoms with van der Waals surface area (Å²) in [7, 11) is 0. The van der Waals surface area contributed by atoms with E-state index in [1.165, 1.54) is 0 Å². The Bertz CT molecular complexity index is 1540. The Morgan fingerprint density at radius 2 is 1.95 bits per heavy atom. The smallest absolute Gasteiger partial charge is 0.352 e. The number of para-hydroxylation sites is 1. The van der Waals surface area contributed by atoms with Crippen molar-refractivity contribution < 1.29 is 23.9 Å². The number of carbonyl (C=O) groups excluding carboxylic acids is 3. The Balaban J connectivity index is 0.00000158. The van der Waals surface area contributed by atoms with Crippen molar-refractivity contribution in [1.82, 2.24) is 20.2 Å². The minimum Gasteiger partial charge on any atom is -0.458 e. The summed E-state index contributed by atoms with van der Waals surface area (Å²) in [6.45, 7) is 8.46. The van der Waals surface area contributed by atoms with Crippen LogP contribution in [0.25, 0.3) is 22.3 Å². The van der Waals surface area contributed by atoms with E-state index >= 15 is 0 Å². The molecule has 1 aromatic carbocycles. The van der Waals surface area contributed by atoms with Gasteiger partial charge in [-0.25, -0.2) is 14.6 Å². The highest BCUT2D eigenvalue weighted by Crippen LogP contribution is 2.36. The summed E-state index contributed by atoms with van der Waals surface area (Å²) in [6, 6.07) is 10.1. The van der Waals surface area contributed by atoms with Gasteiger partial charge in [0, 0.05) is 16.5 Å². The molecule has 0 aliphatic carbocycles. The standard InChI is InChI=1S/C28H28N4O6.C2H6/c1-14(2)22(31-25(33)20-8-5-9-29-20)27(35)38-24-17-11-21-23-16(10-15-6-3-4-7-19(15)30-23)12-32(21)26(34)18(17)13-37-28(24)36;1-2/h3-4,6-7,10-11,14,20,22,24,29H,5,8-9,12-13H2,1-2H3,(H,31,33);1-2H3/t20-,22-,24?;/m0./s1. The van der Waals surface area contributed by atoms with E-state index in [0.717, 1.165) is 29.4 Å². The van der Waals surface area contributed by atoms with Crippen LogP contribution in [0.1, 0.15) is 63.3 Å². The molecule has 210 valence electrons. The van der Waals surface area contributed by atoms with E-state index < -0.39 is 24.1 Å². The lowest BCUT2D eigenvalue weighted by atomic mass is 9.99. The lowest BCUT2D eigenvalue weighted by molar-refractivity contribution is -0.173. The van der Waals surface area contributed by atoms with Crippen LogP contribution in [0.4, 0.5) is 0 Å². The van der Waals surface area contributed by atoms with Crippen LogP contribution in [0.3, 0.4) is 0 Å². The Hall–Kier alpha value is -4.05. The SMILES string of the molecule is CC.CC(C)[C@H](NC(=O)[C@@H]1CCCN1)C(=O)OC1C(=O)OCc2c1cc1n(c2=O)Cc2cc3ccccc3nc2-1. The fourth-order valence-electron chi connectivity index (χ4n) is 5.42. The topological polar surface area (TPSA) is 129 Å². The molecule has 2 aromatic heterocycles. The molecule has 2 N–H and O–H groups in total. The molecule has 40 heavy (non-hydrogen) atoms. The highest BCUT2D eigenvalue weighted by molar-refractivity contribution is 5.90. The number of aromatic nitrogens is 2. The minimum atomic E-state index is -1.42. The molecular weight excluding hydrogens is 512 g/mol. The molecule has 3 aromatic rings. The number of esters is 2. The van der Waals surface area contributed by atoms with Crippen molar-refractivity contribution in [2.45, 2.75) is 71.9 Å². The average molecular weight is 547 g/mol. The Kier molecular flexibility index (Phi) is 7.71. The van der Waals surface area contributed by atoms with Gasteiger partial charge in [-0.2, -0.15) is 0 Å². The van der Waals surface area contributed by atoms with Crippen molar-refractivity contribution in [1.29, 1.82) is 0 Å². The number of hydrogen-bond acceptors (Lipinski definition) is 8. The molecule has 3 aliphatic heterocycles. The summed E-state index contributed by atoms with van der Waals surface area (Å²) < 4.78 is 12.5. The van der Waals surface area contributed by atoms with Gasteiger partial charge in [0.2, 0.25) is 12.0 Å². The molecule has 1 fully saturated rings. The molecule has 1 saturated heterocycles. The molecule has 1 unspecified atom stereocenters. The van der Waals surface area contributed by atoms with Gasteiger partial charge in [0.15, 0.2) is 0 Å². The quantitative estimate of drug-likeness (QED) is 0.366. The normalized spacial score (nSPS) is 19.6. The largest absolute Gasteiger partial charge is 0.458 e. The third-order valence-corrected chi connectivity index (χ3v) is 7.49. The van der Waals surface area contributed by atoms with Gasteiger partial charge in [-0.1, -0.05) is 45.9 Å². The predicted octanol–water partition coefficient (Wildman–Crippen LogP) is 2.99. The van der Waals surface area contributed by atoms with Crippen molar-refractivity contribution >= 4 is 28.7 Å². The molecule has 10 nitrogen and oxygen atoms in total. The molecule has 6 rings (SSSR count). The molecule has 5 heterocycles. The van der Waals surface area contributed by atoms with E-state index in [0.29, 0.717) is 29.9 Å². The number of benzene rings is 1. The maximum Gasteiger partial charge on any atom is 0.352 e. The number of carbonyl (C=O) groups is 3. The number of nitrogens with one attached hydrogen (secondary N) is 2. The second-order valence-corrected chi connectivity index (χ2v) is 10.3. The van der Waals surface area contributed by atoms with Crippen molar-refractivity contribution in [3.8, 4) is 11.4 Å². The first-order valence-electron chi connectivity index (χ1n) is 13.9. The Morgan fingerprint density at radius 3 is 2.67 bits per heavy atom. The fourth-order valence-corrected chi connectivity index (χ4v) is 5.42.